The number of aliphatic carboxylic acids is 1. The van der Waals surface area contributed by atoms with Gasteiger partial charge in [0.05, 0.1) is 0 Å². The van der Waals surface area contributed by atoms with E-state index in [1.54, 1.807) is 0 Å². The summed E-state index contributed by atoms with van der Waals surface area (Å²) in [6, 6.07) is 19.0. The van der Waals surface area contributed by atoms with Crippen LogP contribution >= 0.6 is 11.6 Å². The summed E-state index contributed by atoms with van der Waals surface area (Å²) in [5.41, 5.74) is 1.66. The summed E-state index contributed by atoms with van der Waals surface area (Å²) < 4.78 is 0. The number of amidine groups is 2. The molecule has 0 spiro atoms. The molecule has 0 aromatic heterocycles. The van der Waals surface area contributed by atoms with Gasteiger partial charge in [0, 0.05) is 11.4 Å². The van der Waals surface area contributed by atoms with E-state index in [9.17, 15) is 4.79 Å². The zero-order chi connectivity index (χ0) is 17.8. The molecule has 0 amide bonds. The van der Waals surface area contributed by atoms with Gasteiger partial charge >= 0.3 is 5.97 Å². The van der Waals surface area contributed by atoms with Crippen LogP contribution in [0.3, 0.4) is 0 Å². The molecule has 8 heteroatoms. The van der Waals surface area contributed by atoms with Gasteiger partial charge in [-0.1, -0.05) is 36.4 Å². The van der Waals surface area contributed by atoms with Gasteiger partial charge in [0.15, 0.2) is 0 Å². The molecule has 0 aliphatic carbocycles. The van der Waals surface area contributed by atoms with Crippen molar-refractivity contribution in [2.24, 2.45) is 15.8 Å². The second-order valence-electron chi connectivity index (χ2n) is 5.29. The lowest BCUT2D eigenvalue weighted by Crippen LogP contribution is -2.53. The van der Waals surface area contributed by atoms with Crippen molar-refractivity contribution in [1.82, 2.24) is 5.01 Å². The van der Waals surface area contributed by atoms with Crippen molar-refractivity contribution in [2.45, 2.75) is 12.7 Å². The maximum absolute atomic E-state index is 11.0. The van der Waals surface area contributed by atoms with Gasteiger partial charge in [0.25, 0.3) is 0 Å². The van der Waals surface area contributed by atoms with E-state index >= 15 is 0 Å². The van der Waals surface area contributed by atoms with Crippen LogP contribution in [-0.2, 0) is 4.79 Å². The van der Waals surface area contributed by atoms with Crippen molar-refractivity contribution in [1.29, 1.82) is 0 Å². The first-order chi connectivity index (χ1) is 12.1. The Kier molecular flexibility index (Phi) is 4.97. The smallest absolute Gasteiger partial charge is 0.311 e. The first kappa shape index (κ1) is 16.9. The molecule has 2 aromatic carbocycles. The Morgan fingerprint density at radius 3 is 2.12 bits per heavy atom. The molecule has 0 radical (unpaired) electrons. The second-order valence-corrected chi connectivity index (χ2v) is 5.63. The van der Waals surface area contributed by atoms with E-state index in [2.05, 4.69) is 9.98 Å². The number of aliphatic imine (C=N–C) groups is 2. The Morgan fingerprint density at radius 2 is 1.64 bits per heavy atom. The molecule has 1 aliphatic heterocycles. The van der Waals surface area contributed by atoms with Gasteiger partial charge in [-0.05, 0) is 35.9 Å². The number of para-hydroxylation sites is 2. The lowest BCUT2D eigenvalue weighted by atomic mass is 10.2. The lowest BCUT2D eigenvalue weighted by molar-refractivity contribution is -0.135. The number of hydrogen-bond acceptors (Lipinski definition) is 6. The molecule has 0 saturated carbocycles. The molecule has 3 rings (SSSR count). The highest BCUT2D eigenvalue weighted by molar-refractivity contribution is 6.65. The minimum absolute atomic E-state index is 0.0203. The largest absolute Gasteiger partial charge is 0.481 e. The van der Waals surface area contributed by atoms with Crippen LogP contribution < -0.4 is 10.7 Å². The van der Waals surface area contributed by atoms with Crippen LogP contribution in [0.15, 0.2) is 70.6 Å². The molecular weight excluding hydrogens is 342 g/mol. The van der Waals surface area contributed by atoms with Crippen LogP contribution in [0.2, 0.25) is 0 Å². The Bertz CT molecular complexity index is 771. The van der Waals surface area contributed by atoms with E-state index in [1.165, 1.54) is 5.01 Å². The fourth-order valence-corrected chi connectivity index (χ4v) is 2.66. The van der Waals surface area contributed by atoms with E-state index in [0.717, 1.165) is 11.4 Å². The molecule has 1 aliphatic rings. The van der Waals surface area contributed by atoms with E-state index in [4.69, 9.17) is 22.6 Å². The summed E-state index contributed by atoms with van der Waals surface area (Å²) in [6.45, 7) is 0. The van der Waals surface area contributed by atoms with Crippen molar-refractivity contribution >= 4 is 40.1 Å². The summed E-state index contributed by atoms with van der Waals surface area (Å²) in [6.07, 6.45) is -1.10. The molecule has 1 atom stereocenters. The zero-order valence-corrected chi connectivity index (χ0v) is 13.9. The summed E-state index contributed by atoms with van der Waals surface area (Å²) in [5, 5.41) is 10.2. The number of carbonyl (C=O) groups is 1. The number of halogens is 1. The average Bonchev–Trinajstić information content (AvgIpc) is 2.60. The summed E-state index contributed by atoms with van der Waals surface area (Å²) in [7, 11) is 0. The molecule has 1 unspecified atom stereocenters. The van der Waals surface area contributed by atoms with Gasteiger partial charge in [0.2, 0.25) is 11.6 Å². The van der Waals surface area contributed by atoms with Gasteiger partial charge in [-0.3, -0.25) is 4.79 Å². The van der Waals surface area contributed by atoms with E-state index in [0.29, 0.717) is 0 Å². The fraction of sp³-hybridized carbons (Fsp3) is 0.118. The van der Waals surface area contributed by atoms with E-state index in [-0.39, 0.29) is 17.6 Å². The summed E-state index contributed by atoms with van der Waals surface area (Å²) in [5.74, 6) is 5.14. The third-order valence-corrected chi connectivity index (χ3v) is 3.84. The molecule has 1 heterocycles. The Balaban J connectivity index is 2.07. The Labute approximate surface area is 149 Å². The number of hydrazine groups is 1. The number of carboxylic acid groups (broad SMARTS) is 1. The standard InChI is InChI=1S/C17H16ClN5O2/c18-16-20-14(11-15(24)25)21-17(23(16)19)22(12-7-3-1-4-8-12)13-9-5-2-6-10-13/h1-10,17H,11,19H2,(H,24,25). The fourth-order valence-electron chi connectivity index (χ4n) is 2.48. The number of hydrogen-bond donors (Lipinski definition) is 2. The minimum Gasteiger partial charge on any atom is -0.481 e. The predicted molar refractivity (Wildman–Crippen MR) is 97.8 cm³/mol. The molecule has 7 nitrogen and oxygen atoms in total. The number of rotatable bonds is 5. The Morgan fingerprint density at radius 1 is 1.12 bits per heavy atom. The maximum atomic E-state index is 11.0. The highest BCUT2D eigenvalue weighted by atomic mass is 35.5. The topological polar surface area (TPSA) is 94.5 Å². The van der Waals surface area contributed by atoms with Crippen LogP contribution in [0.5, 0.6) is 0 Å². The van der Waals surface area contributed by atoms with Crippen molar-refractivity contribution in [3.63, 3.8) is 0 Å². The van der Waals surface area contributed by atoms with Gasteiger partial charge < -0.3 is 10.0 Å². The summed E-state index contributed by atoms with van der Waals surface area (Å²) >= 11 is 6.11. The third-order valence-electron chi connectivity index (χ3n) is 3.56. The van der Waals surface area contributed by atoms with E-state index in [1.807, 2.05) is 65.6 Å². The first-order valence-corrected chi connectivity index (χ1v) is 7.90. The van der Waals surface area contributed by atoms with Crippen LogP contribution in [0, 0.1) is 0 Å². The van der Waals surface area contributed by atoms with Crippen LogP contribution in [0.25, 0.3) is 0 Å². The average molecular weight is 358 g/mol. The molecular formula is C17H16ClN5O2. The van der Waals surface area contributed by atoms with Crippen molar-refractivity contribution in [3.8, 4) is 0 Å². The molecule has 3 N–H and O–H groups in total. The molecule has 0 saturated heterocycles. The molecule has 2 aromatic rings. The molecule has 0 bridgehead atoms. The van der Waals surface area contributed by atoms with Crippen molar-refractivity contribution in [3.05, 3.63) is 60.7 Å². The SMILES string of the molecule is NN1C(Cl)=NC(CC(=O)O)=NC1N(c1ccccc1)c1ccccc1. The highest BCUT2D eigenvalue weighted by Crippen LogP contribution is 2.30. The highest BCUT2D eigenvalue weighted by Gasteiger charge is 2.30. The monoisotopic (exact) mass is 357 g/mol. The molecule has 128 valence electrons. The summed E-state index contributed by atoms with van der Waals surface area (Å²) in [4.78, 5) is 21.2. The predicted octanol–water partition coefficient (Wildman–Crippen LogP) is 2.77. The maximum Gasteiger partial charge on any atom is 0.311 e. The number of anilines is 2. The third kappa shape index (κ3) is 3.78. The van der Waals surface area contributed by atoms with Crippen LogP contribution in [-0.4, -0.2) is 33.5 Å². The number of nitrogens with zero attached hydrogens (tertiary/aromatic N) is 4. The first-order valence-electron chi connectivity index (χ1n) is 7.52. The Hall–Kier alpha value is -2.90. The van der Waals surface area contributed by atoms with E-state index < -0.39 is 12.3 Å². The van der Waals surface area contributed by atoms with Crippen molar-refractivity contribution in [2.75, 3.05) is 4.90 Å². The lowest BCUT2D eigenvalue weighted by Gasteiger charge is -2.37. The number of carboxylic acids is 1. The minimum atomic E-state index is -1.04. The zero-order valence-electron chi connectivity index (χ0n) is 13.2. The van der Waals surface area contributed by atoms with Crippen LogP contribution in [0.1, 0.15) is 6.42 Å². The van der Waals surface area contributed by atoms with Gasteiger partial charge in [-0.15, -0.1) is 0 Å². The number of benzene rings is 2. The second kappa shape index (κ2) is 7.33. The quantitative estimate of drug-likeness (QED) is 0.633. The number of nitrogens with two attached hydrogens (primary N) is 1. The normalized spacial score (nSPS) is 16.9. The molecule has 25 heavy (non-hydrogen) atoms. The van der Waals surface area contributed by atoms with Gasteiger partial charge in [-0.2, -0.15) is 0 Å². The van der Waals surface area contributed by atoms with Gasteiger partial charge in [-0.25, -0.2) is 20.8 Å². The van der Waals surface area contributed by atoms with Crippen LogP contribution in [0.4, 0.5) is 11.4 Å². The van der Waals surface area contributed by atoms with Gasteiger partial charge in [0.1, 0.15) is 12.3 Å². The molecule has 0 fully saturated rings. The van der Waals surface area contributed by atoms with Crippen molar-refractivity contribution < 1.29 is 9.90 Å².